The molecule has 2 aliphatic rings. The van der Waals surface area contributed by atoms with Crippen molar-refractivity contribution in [2.24, 2.45) is 5.92 Å². The third-order valence-corrected chi connectivity index (χ3v) is 5.51. The minimum atomic E-state index is 0.0284. The standard InChI is InChI=1S/C24H30N2O3/c1-3-14-28-21-12-8-20(9-13-21)26-15-23(16-26)29-22-10-6-18(7-11-22)17(2)25-24(27)19-4-5-19/h6-13,17,19,23H,3-5,14-16H2,1-2H3,(H,25,27). The van der Waals surface area contributed by atoms with E-state index in [1.54, 1.807) is 0 Å². The zero-order valence-electron chi connectivity index (χ0n) is 17.3. The summed E-state index contributed by atoms with van der Waals surface area (Å²) < 4.78 is 11.7. The normalized spacial score (nSPS) is 17.4. The predicted molar refractivity (Wildman–Crippen MR) is 115 cm³/mol. The summed E-state index contributed by atoms with van der Waals surface area (Å²) in [5.74, 6) is 2.22. The molecule has 1 atom stereocenters. The Balaban J connectivity index is 1.23. The zero-order chi connectivity index (χ0) is 20.2. The van der Waals surface area contributed by atoms with Crippen molar-refractivity contribution in [1.29, 1.82) is 0 Å². The Labute approximate surface area is 173 Å². The van der Waals surface area contributed by atoms with Gasteiger partial charge in [0.2, 0.25) is 5.91 Å². The molecule has 1 aliphatic heterocycles. The lowest BCUT2D eigenvalue weighted by atomic mass is 10.1. The highest BCUT2D eigenvalue weighted by atomic mass is 16.5. The fraction of sp³-hybridized carbons (Fsp3) is 0.458. The second kappa shape index (κ2) is 8.76. The minimum absolute atomic E-state index is 0.0284. The number of amides is 1. The summed E-state index contributed by atoms with van der Waals surface area (Å²) in [7, 11) is 0. The molecule has 29 heavy (non-hydrogen) atoms. The Morgan fingerprint density at radius 3 is 2.34 bits per heavy atom. The van der Waals surface area contributed by atoms with E-state index in [0.29, 0.717) is 0 Å². The quantitative estimate of drug-likeness (QED) is 0.688. The van der Waals surface area contributed by atoms with E-state index in [0.717, 1.165) is 56.0 Å². The van der Waals surface area contributed by atoms with Crippen molar-refractivity contribution < 1.29 is 14.3 Å². The van der Waals surface area contributed by atoms with Crippen LogP contribution in [-0.4, -0.2) is 31.7 Å². The van der Waals surface area contributed by atoms with Gasteiger partial charge in [-0.25, -0.2) is 0 Å². The van der Waals surface area contributed by atoms with Gasteiger partial charge in [-0.15, -0.1) is 0 Å². The average molecular weight is 395 g/mol. The molecule has 1 saturated heterocycles. The van der Waals surface area contributed by atoms with E-state index in [1.165, 1.54) is 5.69 Å². The van der Waals surface area contributed by atoms with Crippen molar-refractivity contribution in [2.45, 2.75) is 45.3 Å². The molecule has 0 spiro atoms. The number of nitrogens with zero attached hydrogens (tertiary/aromatic N) is 1. The summed E-state index contributed by atoms with van der Waals surface area (Å²) in [6.07, 6.45) is 3.27. The van der Waals surface area contributed by atoms with E-state index < -0.39 is 0 Å². The number of benzene rings is 2. The van der Waals surface area contributed by atoms with E-state index >= 15 is 0 Å². The van der Waals surface area contributed by atoms with Crippen LogP contribution in [0.5, 0.6) is 11.5 Å². The van der Waals surface area contributed by atoms with Crippen LogP contribution in [0.4, 0.5) is 5.69 Å². The molecule has 2 aromatic rings. The van der Waals surface area contributed by atoms with Crippen LogP contribution in [0.25, 0.3) is 0 Å². The van der Waals surface area contributed by atoms with Gasteiger partial charge in [-0.1, -0.05) is 19.1 Å². The fourth-order valence-electron chi connectivity index (χ4n) is 3.48. The maximum atomic E-state index is 11.9. The topological polar surface area (TPSA) is 50.8 Å². The largest absolute Gasteiger partial charge is 0.494 e. The maximum absolute atomic E-state index is 11.9. The van der Waals surface area contributed by atoms with Crippen LogP contribution < -0.4 is 19.7 Å². The lowest BCUT2D eigenvalue weighted by Gasteiger charge is -2.40. The molecular weight excluding hydrogens is 364 g/mol. The smallest absolute Gasteiger partial charge is 0.223 e. The van der Waals surface area contributed by atoms with Gasteiger partial charge < -0.3 is 19.7 Å². The predicted octanol–water partition coefficient (Wildman–Crippen LogP) is 4.33. The molecule has 1 N–H and O–H groups in total. The molecule has 5 nitrogen and oxygen atoms in total. The van der Waals surface area contributed by atoms with Crippen molar-refractivity contribution in [1.82, 2.24) is 5.32 Å². The van der Waals surface area contributed by atoms with E-state index in [-0.39, 0.29) is 24.0 Å². The van der Waals surface area contributed by atoms with Crippen LogP contribution in [-0.2, 0) is 4.79 Å². The fourth-order valence-corrected chi connectivity index (χ4v) is 3.48. The number of hydrogen-bond donors (Lipinski definition) is 1. The summed E-state index contributed by atoms with van der Waals surface area (Å²) in [5.41, 5.74) is 2.30. The second-order valence-electron chi connectivity index (χ2n) is 8.06. The van der Waals surface area contributed by atoms with Gasteiger partial charge in [0.25, 0.3) is 0 Å². The van der Waals surface area contributed by atoms with Crippen molar-refractivity contribution in [3.05, 3.63) is 54.1 Å². The first-order chi connectivity index (χ1) is 14.1. The summed E-state index contributed by atoms with van der Waals surface area (Å²) in [4.78, 5) is 14.2. The van der Waals surface area contributed by atoms with E-state index in [4.69, 9.17) is 9.47 Å². The molecule has 1 amide bonds. The van der Waals surface area contributed by atoms with E-state index in [1.807, 2.05) is 43.3 Å². The number of carbonyl (C=O) groups is 1. The number of carbonyl (C=O) groups excluding carboxylic acids is 1. The Morgan fingerprint density at radius 1 is 1.07 bits per heavy atom. The second-order valence-corrected chi connectivity index (χ2v) is 8.06. The van der Waals surface area contributed by atoms with Crippen molar-refractivity contribution >= 4 is 11.6 Å². The van der Waals surface area contributed by atoms with Crippen LogP contribution >= 0.6 is 0 Å². The molecule has 0 radical (unpaired) electrons. The summed E-state index contributed by atoms with van der Waals surface area (Å²) in [6.45, 7) is 6.65. The van der Waals surface area contributed by atoms with Gasteiger partial charge in [-0.2, -0.15) is 0 Å². The van der Waals surface area contributed by atoms with Crippen LogP contribution in [0, 0.1) is 5.92 Å². The minimum Gasteiger partial charge on any atom is -0.494 e. The molecule has 0 aromatic heterocycles. The molecule has 0 bridgehead atoms. The van der Waals surface area contributed by atoms with Crippen molar-refractivity contribution in [2.75, 3.05) is 24.6 Å². The molecule has 1 aliphatic carbocycles. The number of ether oxygens (including phenoxy) is 2. The van der Waals surface area contributed by atoms with E-state index in [9.17, 15) is 4.79 Å². The SMILES string of the molecule is CCCOc1ccc(N2CC(Oc3ccc(C(C)NC(=O)C4CC4)cc3)C2)cc1. The zero-order valence-corrected chi connectivity index (χ0v) is 17.3. The Bertz CT molecular complexity index is 809. The highest BCUT2D eigenvalue weighted by Gasteiger charge is 2.31. The maximum Gasteiger partial charge on any atom is 0.223 e. The molecular formula is C24H30N2O3. The van der Waals surface area contributed by atoms with Crippen LogP contribution in [0.3, 0.4) is 0 Å². The lowest BCUT2D eigenvalue weighted by Crippen LogP contribution is -2.54. The number of anilines is 1. The Hall–Kier alpha value is -2.69. The van der Waals surface area contributed by atoms with Gasteiger partial charge in [0.05, 0.1) is 25.7 Å². The molecule has 1 heterocycles. The first-order valence-corrected chi connectivity index (χ1v) is 10.7. The molecule has 154 valence electrons. The Morgan fingerprint density at radius 2 is 1.72 bits per heavy atom. The Kier molecular flexibility index (Phi) is 5.93. The van der Waals surface area contributed by atoms with Gasteiger partial charge in [0.15, 0.2) is 0 Å². The third-order valence-electron chi connectivity index (χ3n) is 5.51. The summed E-state index contributed by atoms with van der Waals surface area (Å²) in [6, 6.07) is 16.4. The van der Waals surface area contributed by atoms with E-state index in [2.05, 4.69) is 29.3 Å². The third kappa shape index (κ3) is 5.03. The highest BCUT2D eigenvalue weighted by molar-refractivity contribution is 5.81. The van der Waals surface area contributed by atoms with Gasteiger partial charge >= 0.3 is 0 Å². The number of hydrogen-bond acceptors (Lipinski definition) is 4. The number of rotatable bonds is 9. The van der Waals surface area contributed by atoms with Crippen molar-refractivity contribution in [3.8, 4) is 11.5 Å². The molecule has 5 heteroatoms. The monoisotopic (exact) mass is 394 g/mol. The lowest BCUT2D eigenvalue weighted by molar-refractivity contribution is -0.122. The molecule has 2 aromatic carbocycles. The van der Waals surface area contributed by atoms with Crippen LogP contribution in [0.2, 0.25) is 0 Å². The highest BCUT2D eigenvalue weighted by Crippen LogP contribution is 2.30. The molecule has 2 fully saturated rings. The number of nitrogens with one attached hydrogen (secondary N) is 1. The van der Waals surface area contributed by atoms with Gasteiger partial charge in [0, 0.05) is 11.6 Å². The van der Waals surface area contributed by atoms with Gasteiger partial charge in [-0.3, -0.25) is 4.79 Å². The van der Waals surface area contributed by atoms with Crippen molar-refractivity contribution in [3.63, 3.8) is 0 Å². The van der Waals surface area contributed by atoms with Gasteiger partial charge in [-0.05, 0) is 68.1 Å². The van der Waals surface area contributed by atoms with Crippen LogP contribution in [0.1, 0.15) is 44.7 Å². The first kappa shape index (κ1) is 19.6. The van der Waals surface area contributed by atoms with Gasteiger partial charge in [0.1, 0.15) is 17.6 Å². The first-order valence-electron chi connectivity index (χ1n) is 10.7. The summed E-state index contributed by atoms with van der Waals surface area (Å²) >= 11 is 0. The average Bonchev–Trinajstić information content (AvgIpc) is 3.55. The summed E-state index contributed by atoms with van der Waals surface area (Å²) in [5, 5.41) is 3.08. The van der Waals surface area contributed by atoms with Crippen LogP contribution in [0.15, 0.2) is 48.5 Å². The molecule has 1 unspecified atom stereocenters. The molecule has 4 rings (SSSR count). The molecule has 1 saturated carbocycles.